The zero-order valence-corrected chi connectivity index (χ0v) is 8.71. The number of thiocarbonyl (C=S) groups is 1. The molecule has 2 rings (SSSR count). The Morgan fingerprint density at radius 3 is 3.14 bits per heavy atom. The summed E-state index contributed by atoms with van der Waals surface area (Å²) < 4.78 is 1.99. The number of nitrogens with zero attached hydrogens (tertiary/aromatic N) is 2. The van der Waals surface area contributed by atoms with E-state index in [1.165, 1.54) is 0 Å². The van der Waals surface area contributed by atoms with Gasteiger partial charge in [-0.2, -0.15) is 0 Å². The smallest absolute Gasteiger partial charge is 0.139 e. The quantitative estimate of drug-likeness (QED) is 0.754. The van der Waals surface area contributed by atoms with E-state index in [0.717, 1.165) is 16.6 Å². The lowest BCUT2D eigenvalue weighted by atomic mass is 10.1. The maximum Gasteiger partial charge on any atom is 0.139 e. The third kappa shape index (κ3) is 1.48. The zero-order chi connectivity index (χ0) is 10.1. The fourth-order valence-corrected chi connectivity index (χ4v) is 1.78. The predicted molar refractivity (Wildman–Crippen MR) is 61.2 cm³/mol. The first-order valence-corrected chi connectivity index (χ1v) is 4.76. The van der Waals surface area contributed by atoms with Crippen LogP contribution in [0.15, 0.2) is 24.5 Å². The van der Waals surface area contributed by atoms with Crippen LogP contribution in [0.1, 0.15) is 5.56 Å². The molecule has 2 aromatic rings. The molecule has 14 heavy (non-hydrogen) atoms. The highest BCUT2D eigenvalue weighted by Crippen LogP contribution is 2.18. The molecule has 2 N–H and O–H groups in total. The third-order valence-electron chi connectivity index (χ3n) is 2.18. The Bertz CT molecular complexity index is 487. The van der Waals surface area contributed by atoms with Crippen molar-refractivity contribution in [3.63, 3.8) is 0 Å². The molecule has 0 atom stereocenters. The van der Waals surface area contributed by atoms with Crippen molar-refractivity contribution in [1.29, 1.82) is 0 Å². The second-order valence-electron chi connectivity index (χ2n) is 3.28. The van der Waals surface area contributed by atoms with Crippen LogP contribution < -0.4 is 5.73 Å². The second kappa shape index (κ2) is 3.38. The summed E-state index contributed by atoms with van der Waals surface area (Å²) in [6, 6.07) is 3.96. The van der Waals surface area contributed by atoms with Crippen LogP contribution in [-0.2, 0) is 13.5 Å². The molecule has 0 bridgehead atoms. The summed E-state index contributed by atoms with van der Waals surface area (Å²) in [4.78, 5) is 4.80. The highest BCUT2D eigenvalue weighted by molar-refractivity contribution is 7.80. The maximum atomic E-state index is 5.53. The highest BCUT2D eigenvalue weighted by atomic mass is 32.1. The molecule has 0 unspecified atom stereocenters. The van der Waals surface area contributed by atoms with E-state index in [-0.39, 0.29) is 0 Å². The SMILES string of the molecule is Cn1cc(CC(N)=S)c2cccnc21. The topological polar surface area (TPSA) is 43.8 Å². The second-order valence-corrected chi connectivity index (χ2v) is 3.81. The van der Waals surface area contributed by atoms with Crippen LogP contribution in [0.3, 0.4) is 0 Å². The minimum absolute atomic E-state index is 0.515. The molecule has 72 valence electrons. The van der Waals surface area contributed by atoms with E-state index in [1.807, 2.05) is 29.9 Å². The molecule has 0 fully saturated rings. The highest BCUT2D eigenvalue weighted by Gasteiger charge is 2.06. The Balaban J connectivity index is 2.60. The van der Waals surface area contributed by atoms with Crippen LogP contribution in [0.25, 0.3) is 11.0 Å². The molecule has 0 aliphatic rings. The Kier molecular flexibility index (Phi) is 2.21. The minimum Gasteiger partial charge on any atom is -0.393 e. The average Bonchev–Trinajstić information content (AvgIpc) is 2.44. The molecular weight excluding hydrogens is 194 g/mol. The number of aromatic nitrogens is 2. The lowest BCUT2D eigenvalue weighted by molar-refractivity contribution is 0.942. The van der Waals surface area contributed by atoms with Gasteiger partial charge in [0, 0.05) is 31.2 Å². The molecular formula is C10H11N3S. The normalized spacial score (nSPS) is 10.6. The molecule has 0 aliphatic carbocycles. The van der Waals surface area contributed by atoms with Gasteiger partial charge in [0.15, 0.2) is 0 Å². The lowest BCUT2D eigenvalue weighted by Crippen LogP contribution is -2.10. The number of fused-ring (bicyclic) bond motifs is 1. The van der Waals surface area contributed by atoms with Crippen LogP contribution in [0, 0.1) is 0 Å². The summed E-state index contributed by atoms with van der Waals surface area (Å²) in [5.41, 5.74) is 7.64. The van der Waals surface area contributed by atoms with Gasteiger partial charge < -0.3 is 10.3 Å². The fourth-order valence-electron chi connectivity index (χ4n) is 1.62. The molecule has 0 saturated heterocycles. The van der Waals surface area contributed by atoms with E-state index in [2.05, 4.69) is 4.98 Å². The van der Waals surface area contributed by atoms with Crippen molar-refractivity contribution in [1.82, 2.24) is 9.55 Å². The zero-order valence-electron chi connectivity index (χ0n) is 7.90. The van der Waals surface area contributed by atoms with E-state index < -0.39 is 0 Å². The van der Waals surface area contributed by atoms with Gasteiger partial charge in [-0.25, -0.2) is 4.98 Å². The maximum absolute atomic E-state index is 5.53. The van der Waals surface area contributed by atoms with E-state index in [9.17, 15) is 0 Å². The van der Waals surface area contributed by atoms with Gasteiger partial charge in [-0.3, -0.25) is 0 Å². The Morgan fingerprint density at radius 2 is 2.43 bits per heavy atom. The Morgan fingerprint density at radius 1 is 1.64 bits per heavy atom. The van der Waals surface area contributed by atoms with Crippen molar-refractivity contribution in [2.24, 2.45) is 12.8 Å². The molecule has 3 nitrogen and oxygen atoms in total. The van der Waals surface area contributed by atoms with Crippen LogP contribution >= 0.6 is 12.2 Å². The van der Waals surface area contributed by atoms with E-state index >= 15 is 0 Å². The van der Waals surface area contributed by atoms with Crippen molar-refractivity contribution in [2.75, 3.05) is 0 Å². The Labute approximate surface area is 87.5 Å². The van der Waals surface area contributed by atoms with Gasteiger partial charge in [0.2, 0.25) is 0 Å². The van der Waals surface area contributed by atoms with Crippen molar-refractivity contribution in [3.8, 4) is 0 Å². The van der Waals surface area contributed by atoms with Gasteiger partial charge in [-0.15, -0.1) is 0 Å². The van der Waals surface area contributed by atoms with Crippen molar-refractivity contribution in [3.05, 3.63) is 30.1 Å². The van der Waals surface area contributed by atoms with Crippen LogP contribution in [-0.4, -0.2) is 14.5 Å². The number of pyridine rings is 1. The predicted octanol–water partition coefficient (Wildman–Crippen LogP) is 1.40. The van der Waals surface area contributed by atoms with Crippen molar-refractivity contribution in [2.45, 2.75) is 6.42 Å². The first-order valence-electron chi connectivity index (χ1n) is 4.35. The minimum atomic E-state index is 0.515. The van der Waals surface area contributed by atoms with Gasteiger partial charge >= 0.3 is 0 Å². The van der Waals surface area contributed by atoms with E-state index in [0.29, 0.717) is 11.4 Å². The number of aryl methyl sites for hydroxylation is 1. The van der Waals surface area contributed by atoms with E-state index in [4.69, 9.17) is 18.0 Å². The number of hydrogen-bond acceptors (Lipinski definition) is 2. The summed E-state index contributed by atoms with van der Waals surface area (Å²) >= 11 is 4.90. The molecule has 2 heterocycles. The van der Waals surface area contributed by atoms with Crippen molar-refractivity contribution >= 4 is 28.2 Å². The summed E-state index contributed by atoms with van der Waals surface area (Å²) in [6.07, 6.45) is 4.45. The molecule has 0 saturated carbocycles. The number of rotatable bonds is 2. The molecule has 0 radical (unpaired) electrons. The Hall–Kier alpha value is -1.42. The molecule has 0 spiro atoms. The molecule has 2 aromatic heterocycles. The van der Waals surface area contributed by atoms with Gasteiger partial charge in [0.1, 0.15) is 5.65 Å². The monoisotopic (exact) mass is 205 g/mol. The lowest BCUT2D eigenvalue weighted by Gasteiger charge is -1.95. The van der Waals surface area contributed by atoms with Gasteiger partial charge in [0.25, 0.3) is 0 Å². The third-order valence-corrected chi connectivity index (χ3v) is 2.33. The van der Waals surface area contributed by atoms with Crippen LogP contribution in [0.4, 0.5) is 0 Å². The first-order chi connectivity index (χ1) is 6.68. The molecule has 0 amide bonds. The van der Waals surface area contributed by atoms with Gasteiger partial charge in [0.05, 0.1) is 4.99 Å². The number of nitrogens with two attached hydrogens (primary N) is 1. The standard InChI is InChI=1S/C10H11N3S/c1-13-6-7(5-9(11)14)8-3-2-4-12-10(8)13/h2-4,6H,5H2,1H3,(H2,11,14). The molecule has 0 aliphatic heterocycles. The van der Waals surface area contributed by atoms with Gasteiger partial charge in [-0.1, -0.05) is 12.2 Å². The molecule has 4 heteroatoms. The average molecular weight is 205 g/mol. The first kappa shape index (κ1) is 9.15. The van der Waals surface area contributed by atoms with Crippen LogP contribution in [0.2, 0.25) is 0 Å². The number of hydrogen-bond donors (Lipinski definition) is 1. The summed E-state index contributed by atoms with van der Waals surface area (Å²) in [7, 11) is 1.97. The van der Waals surface area contributed by atoms with Gasteiger partial charge in [-0.05, 0) is 17.7 Å². The summed E-state index contributed by atoms with van der Waals surface area (Å²) in [5, 5.41) is 1.13. The summed E-state index contributed by atoms with van der Waals surface area (Å²) in [5.74, 6) is 0. The summed E-state index contributed by atoms with van der Waals surface area (Å²) in [6.45, 7) is 0. The molecule has 0 aromatic carbocycles. The van der Waals surface area contributed by atoms with Crippen LogP contribution in [0.5, 0.6) is 0 Å². The largest absolute Gasteiger partial charge is 0.393 e. The van der Waals surface area contributed by atoms with Crippen molar-refractivity contribution < 1.29 is 0 Å². The van der Waals surface area contributed by atoms with E-state index in [1.54, 1.807) is 6.20 Å². The fraction of sp³-hybridized carbons (Fsp3) is 0.200.